The molecule has 0 unspecified atom stereocenters. The van der Waals surface area contributed by atoms with Crippen molar-refractivity contribution in [1.29, 1.82) is 0 Å². The zero-order valence-corrected chi connectivity index (χ0v) is 21.8. The van der Waals surface area contributed by atoms with Crippen LogP contribution in [0.15, 0.2) is 91.0 Å². The molecule has 0 atom stereocenters. The molecule has 31 heavy (non-hydrogen) atoms. The maximum atomic E-state index is 6.49. The predicted octanol–water partition coefficient (Wildman–Crippen LogP) is 4.66. The number of halogens is 2. The number of rotatable bonds is 9. The Kier molecular flexibility index (Phi) is 11.0. The molecule has 0 bridgehead atoms. The van der Waals surface area contributed by atoms with E-state index in [4.69, 9.17) is 35.4 Å². The highest BCUT2D eigenvalue weighted by Gasteiger charge is 2.42. The van der Waals surface area contributed by atoms with Gasteiger partial charge in [-0.15, -0.1) is 22.2 Å². The van der Waals surface area contributed by atoms with Gasteiger partial charge in [-0.25, -0.2) is 0 Å². The molecule has 3 rings (SSSR count). The van der Waals surface area contributed by atoms with E-state index < -0.39 is 15.5 Å². The molecule has 0 aromatic heterocycles. The maximum Gasteiger partial charge on any atom is 0.537 e. The van der Waals surface area contributed by atoms with Crippen LogP contribution in [0, 0.1) is 0 Å². The largest absolute Gasteiger partial charge is 0.537 e. The summed E-state index contributed by atoms with van der Waals surface area (Å²) in [4.78, 5) is 0. The molecular formula is C24H30Cl2O3Si2. The summed E-state index contributed by atoms with van der Waals surface area (Å²) < 4.78 is 17.4. The van der Waals surface area contributed by atoms with Crippen molar-refractivity contribution in [2.24, 2.45) is 0 Å². The van der Waals surface area contributed by atoms with E-state index in [0.717, 1.165) is 15.6 Å². The molecule has 7 heteroatoms. The van der Waals surface area contributed by atoms with Gasteiger partial charge in [0.15, 0.2) is 0 Å². The summed E-state index contributed by atoms with van der Waals surface area (Å²) in [6.07, 6.45) is 0. The third-order valence-corrected chi connectivity index (χ3v) is 12.2. The molecule has 0 fully saturated rings. The van der Waals surface area contributed by atoms with Gasteiger partial charge in [-0.1, -0.05) is 91.0 Å². The van der Waals surface area contributed by atoms with E-state index in [1.807, 2.05) is 112 Å². The molecule has 0 amide bonds. The molecular weight excluding hydrogens is 463 g/mol. The van der Waals surface area contributed by atoms with E-state index >= 15 is 0 Å². The van der Waals surface area contributed by atoms with E-state index in [2.05, 4.69) is 0 Å². The second-order valence-electron chi connectivity index (χ2n) is 6.53. The highest BCUT2D eigenvalue weighted by molar-refractivity contribution is 7.56. The van der Waals surface area contributed by atoms with Crippen LogP contribution in [0.2, 0.25) is 0 Å². The minimum Gasteiger partial charge on any atom is -0.370 e. The first-order valence-corrected chi connectivity index (χ1v) is 16.2. The van der Waals surface area contributed by atoms with Crippen LogP contribution in [0.1, 0.15) is 20.8 Å². The lowest BCUT2D eigenvalue weighted by Gasteiger charge is -2.28. The molecule has 0 aliphatic heterocycles. The molecule has 0 spiro atoms. The smallest absolute Gasteiger partial charge is 0.370 e. The molecule has 0 heterocycles. The molecule has 0 radical (unpaired) electrons. The number of hydrogen-bond acceptors (Lipinski definition) is 3. The Morgan fingerprint density at radius 2 is 0.806 bits per heavy atom. The summed E-state index contributed by atoms with van der Waals surface area (Å²) in [5, 5.41) is 3.08. The molecule has 0 N–H and O–H groups in total. The predicted molar refractivity (Wildman–Crippen MR) is 136 cm³/mol. The van der Waals surface area contributed by atoms with Crippen molar-refractivity contribution in [3.8, 4) is 0 Å². The quantitative estimate of drug-likeness (QED) is 0.321. The minimum absolute atomic E-state index is 0.598. The zero-order chi connectivity index (χ0) is 22.6. The molecule has 3 nitrogen and oxygen atoms in total. The lowest BCUT2D eigenvalue weighted by molar-refractivity contribution is 0.0859. The average Bonchev–Trinajstić information content (AvgIpc) is 2.82. The summed E-state index contributed by atoms with van der Waals surface area (Å²) in [6, 6.07) is 29.7. The fraction of sp³-hybridized carbons (Fsp3) is 0.250. The highest BCUT2D eigenvalue weighted by atomic mass is 35.7. The second-order valence-corrected chi connectivity index (χ2v) is 15.4. The molecule has 166 valence electrons. The van der Waals surface area contributed by atoms with Crippen LogP contribution in [0.5, 0.6) is 0 Å². The molecule has 0 aliphatic rings. The van der Waals surface area contributed by atoms with Crippen LogP contribution < -0.4 is 15.6 Å². The van der Waals surface area contributed by atoms with Crippen LogP contribution in [0.4, 0.5) is 0 Å². The van der Waals surface area contributed by atoms with Crippen molar-refractivity contribution in [1.82, 2.24) is 0 Å². The standard InChI is InChI=1S/C12H10Cl2Si.C12H20O3Si/c13-15(14,11-7-3-1-4-8-11)12-9-5-2-6-10-12;1-4-13-16(14-5-2,15-6-3)12-10-8-7-9-11-12/h1-10H;7-11H,4-6H2,1-3H3. The Hall–Kier alpha value is -1.45. The van der Waals surface area contributed by atoms with Crippen molar-refractivity contribution >= 4 is 53.2 Å². The molecule has 3 aromatic rings. The first-order valence-electron chi connectivity index (χ1n) is 10.5. The summed E-state index contributed by atoms with van der Waals surface area (Å²) in [5.41, 5.74) is 0. The van der Waals surface area contributed by atoms with Crippen LogP contribution >= 0.6 is 22.2 Å². The topological polar surface area (TPSA) is 27.7 Å². The normalized spacial score (nSPS) is 11.5. The first-order chi connectivity index (χ1) is 15.0. The number of hydrogen-bond donors (Lipinski definition) is 0. The van der Waals surface area contributed by atoms with Gasteiger partial charge in [0.2, 0.25) is 0 Å². The third-order valence-electron chi connectivity index (χ3n) is 4.40. The fourth-order valence-corrected chi connectivity index (χ4v) is 8.61. The monoisotopic (exact) mass is 492 g/mol. The van der Waals surface area contributed by atoms with Gasteiger partial charge in [0.1, 0.15) is 0 Å². The number of benzene rings is 3. The van der Waals surface area contributed by atoms with Gasteiger partial charge in [0.05, 0.1) is 0 Å². The Bertz CT molecular complexity index is 807. The van der Waals surface area contributed by atoms with Gasteiger partial charge in [0.25, 0.3) is 0 Å². The summed E-state index contributed by atoms with van der Waals surface area (Å²) in [6.45, 7) is 5.17. The van der Waals surface area contributed by atoms with E-state index in [0.29, 0.717) is 19.8 Å². The van der Waals surface area contributed by atoms with Gasteiger partial charge in [-0.3, -0.25) is 0 Å². The molecule has 0 saturated carbocycles. The summed E-state index contributed by atoms with van der Waals surface area (Å²) in [7, 11) is -2.67. The maximum absolute atomic E-state index is 6.49. The van der Waals surface area contributed by atoms with Crippen molar-refractivity contribution in [3.63, 3.8) is 0 Å². The van der Waals surface area contributed by atoms with Gasteiger partial charge < -0.3 is 13.3 Å². The van der Waals surface area contributed by atoms with Crippen molar-refractivity contribution in [3.05, 3.63) is 91.0 Å². The van der Waals surface area contributed by atoms with E-state index in [1.54, 1.807) is 0 Å². The highest BCUT2D eigenvalue weighted by Crippen LogP contribution is 2.15. The van der Waals surface area contributed by atoms with E-state index in [9.17, 15) is 0 Å². The lowest BCUT2D eigenvalue weighted by Crippen LogP contribution is -2.56. The van der Waals surface area contributed by atoms with Gasteiger partial charge in [0, 0.05) is 25.0 Å². The van der Waals surface area contributed by atoms with E-state index in [1.165, 1.54) is 0 Å². The van der Waals surface area contributed by atoms with Crippen LogP contribution in [-0.4, -0.2) is 35.3 Å². The molecule has 0 saturated heterocycles. The van der Waals surface area contributed by atoms with Gasteiger partial charge >= 0.3 is 15.5 Å². The van der Waals surface area contributed by atoms with Crippen LogP contribution in [0.25, 0.3) is 0 Å². The zero-order valence-electron chi connectivity index (χ0n) is 18.3. The molecule has 0 aliphatic carbocycles. The van der Waals surface area contributed by atoms with Crippen molar-refractivity contribution in [2.75, 3.05) is 19.8 Å². The minimum atomic E-state index is -2.67. The van der Waals surface area contributed by atoms with Crippen molar-refractivity contribution in [2.45, 2.75) is 20.8 Å². The average molecular weight is 494 g/mol. The van der Waals surface area contributed by atoms with Crippen LogP contribution in [0.3, 0.4) is 0 Å². The fourth-order valence-electron chi connectivity index (χ4n) is 3.05. The second kappa shape index (κ2) is 13.2. The van der Waals surface area contributed by atoms with Crippen LogP contribution in [-0.2, 0) is 13.3 Å². The third kappa shape index (κ3) is 7.29. The first kappa shape index (κ1) is 25.8. The SMILES string of the molecule is CCO[Si](OCC)(OCC)c1ccccc1.Cl[Si](Cl)(c1ccccc1)c1ccccc1. The van der Waals surface area contributed by atoms with E-state index in [-0.39, 0.29) is 0 Å². The Morgan fingerprint density at radius 1 is 0.516 bits per heavy atom. The summed E-state index contributed by atoms with van der Waals surface area (Å²) in [5.74, 6) is 0. The molecule has 3 aromatic carbocycles. The Labute approximate surface area is 197 Å². The Morgan fingerprint density at radius 3 is 1.10 bits per heavy atom. The lowest BCUT2D eigenvalue weighted by atomic mass is 10.4. The Balaban J connectivity index is 0.000000220. The van der Waals surface area contributed by atoms with Gasteiger partial charge in [-0.2, -0.15) is 0 Å². The van der Waals surface area contributed by atoms with Crippen molar-refractivity contribution < 1.29 is 13.3 Å². The van der Waals surface area contributed by atoms with Gasteiger partial charge in [-0.05, 0) is 31.1 Å². The summed E-state index contributed by atoms with van der Waals surface area (Å²) >= 11 is 13.0.